The molecule has 12 heteroatoms. The maximum Gasteiger partial charge on any atom is 0.451 e. The van der Waals surface area contributed by atoms with Crippen LogP contribution in [0.3, 0.4) is 0 Å². The molecule has 0 radical (unpaired) electrons. The molecule has 1 aromatic heterocycles. The number of nitrogens with zero attached hydrogens (tertiary/aromatic N) is 2. The zero-order chi connectivity index (χ0) is 18.4. The molecule has 2 bridgehead atoms. The van der Waals surface area contributed by atoms with Crippen LogP contribution in [0.4, 0.5) is 19.0 Å². The van der Waals surface area contributed by atoms with Gasteiger partial charge in [-0.25, -0.2) is 4.98 Å². The Bertz CT molecular complexity index is 648. The summed E-state index contributed by atoms with van der Waals surface area (Å²) in [6.45, 7) is -0.764. The van der Waals surface area contributed by atoms with E-state index in [-0.39, 0.29) is 18.3 Å². The number of methoxy groups -OCH3 is 1. The largest absolute Gasteiger partial charge is 0.481 e. The van der Waals surface area contributed by atoms with Gasteiger partial charge < -0.3 is 34.8 Å². The van der Waals surface area contributed by atoms with Gasteiger partial charge in [0.2, 0.25) is 11.7 Å². The van der Waals surface area contributed by atoms with Gasteiger partial charge >= 0.3 is 6.18 Å². The first-order valence-corrected chi connectivity index (χ1v) is 7.23. The summed E-state index contributed by atoms with van der Waals surface area (Å²) in [5.74, 6) is -2.07. The molecule has 0 spiro atoms. The Morgan fingerprint density at radius 3 is 2.72 bits per heavy atom. The Morgan fingerprint density at radius 1 is 1.40 bits per heavy atom. The van der Waals surface area contributed by atoms with E-state index in [1.807, 2.05) is 0 Å². The molecule has 2 aliphatic rings. The highest BCUT2D eigenvalue weighted by atomic mass is 19.4. The van der Waals surface area contributed by atoms with Crippen LogP contribution in [0.15, 0.2) is 6.07 Å². The molecule has 9 nitrogen and oxygen atoms in total. The lowest BCUT2D eigenvalue weighted by atomic mass is 9.88. The first-order chi connectivity index (χ1) is 11.7. The summed E-state index contributed by atoms with van der Waals surface area (Å²) in [7, 11) is 1.14. The van der Waals surface area contributed by atoms with Gasteiger partial charge in [-0.2, -0.15) is 18.2 Å². The number of anilines is 1. The van der Waals surface area contributed by atoms with Crippen molar-refractivity contribution in [1.82, 2.24) is 9.97 Å². The number of aromatic nitrogens is 2. The lowest BCUT2D eigenvalue weighted by Crippen LogP contribution is -2.64. The molecule has 3 rings (SSSR count). The minimum atomic E-state index is -4.80. The van der Waals surface area contributed by atoms with Gasteiger partial charge in [0, 0.05) is 6.07 Å². The van der Waals surface area contributed by atoms with Crippen molar-refractivity contribution in [3.05, 3.63) is 11.9 Å². The van der Waals surface area contributed by atoms with E-state index < -0.39 is 48.7 Å². The molecule has 2 fully saturated rings. The average molecular weight is 367 g/mol. The monoisotopic (exact) mass is 367 g/mol. The summed E-state index contributed by atoms with van der Waals surface area (Å²) in [6, 6.07) is -0.0325. The van der Waals surface area contributed by atoms with Crippen LogP contribution < -0.4 is 10.1 Å². The number of halogens is 3. The van der Waals surface area contributed by atoms with Gasteiger partial charge in [0.05, 0.1) is 20.3 Å². The molecular weight excluding hydrogens is 351 g/mol. The summed E-state index contributed by atoms with van der Waals surface area (Å²) >= 11 is 0. The minimum absolute atomic E-state index is 0.175. The fraction of sp³-hybridized carbons (Fsp3) is 0.692. The Labute approximate surface area is 139 Å². The first kappa shape index (κ1) is 18.1. The highest BCUT2D eigenvalue weighted by Gasteiger charge is 2.59. The topological polar surface area (TPSA) is 126 Å². The number of aliphatic hydroxyl groups excluding tert-OH is 3. The second-order valence-electron chi connectivity index (χ2n) is 5.74. The van der Waals surface area contributed by atoms with Gasteiger partial charge in [0.15, 0.2) is 6.29 Å². The second-order valence-corrected chi connectivity index (χ2v) is 5.74. The molecule has 2 aliphatic heterocycles. The van der Waals surface area contributed by atoms with Crippen molar-refractivity contribution < 1.29 is 42.7 Å². The van der Waals surface area contributed by atoms with Crippen LogP contribution in [-0.2, 0) is 15.7 Å². The lowest BCUT2D eigenvalue weighted by Gasteiger charge is -2.42. The maximum atomic E-state index is 12.9. The summed E-state index contributed by atoms with van der Waals surface area (Å²) in [5.41, 5.74) is -1.47. The van der Waals surface area contributed by atoms with E-state index in [4.69, 9.17) is 14.2 Å². The van der Waals surface area contributed by atoms with E-state index in [0.29, 0.717) is 0 Å². The number of fused-ring (bicyclic) bond motifs is 2. The highest BCUT2D eigenvalue weighted by Crippen LogP contribution is 2.38. The standard InChI is InChI=1S/C13H16F3N3O6/c1-23-6-2-5(18-11(19-6)13(14,15)16)17-7-8(21)9(22)12(3-20)4-24-10(7)25-12/h2,7-10,20-22H,3-4H2,1H3,(H,17,18,19)/t7-,8-,9-,10+,12+/m1/s1. The molecule has 0 amide bonds. The third kappa shape index (κ3) is 3.11. The molecule has 5 atom stereocenters. The molecule has 0 unspecified atom stereocenters. The van der Waals surface area contributed by atoms with E-state index in [1.54, 1.807) is 0 Å². The minimum Gasteiger partial charge on any atom is -0.481 e. The van der Waals surface area contributed by atoms with Gasteiger partial charge in [0.1, 0.15) is 29.7 Å². The van der Waals surface area contributed by atoms with Crippen molar-refractivity contribution >= 4 is 5.82 Å². The Kier molecular flexibility index (Phi) is 4.49. The zero-order valence-corrected chi connectivity index (χ0v) is 12.9. The molecule has 1 aromatic rings. The average Bonchev–Trinajstić information content (AvgIpc) is 2.99. The van der Waals surface area contributed by atoms with Crippen LogP contribution >= 0.6 is 0 Å². The van der Waals surface area contributed by atoms with Crippen LogP contribution in [0.2, 0.25) is 0 Å². The molecule has 4 N–H and O–H groups in total. The van der Waals surface area contributed by atoms with Gasteiger partial charge in [-0.15, -0.1) is 0 Å². The number of alkyl halides is 3. The first-order valence-electron chi connectivity index (χ1n) is 7.23. The van der Waals surface area contributed by atoms with Gasteiger partial charge in [-0.3, -0.25) is 0 Å². The summed E-state index contributed by atoms with van der Waals surface area (Å²) in [4.78, 5) is 6.56. The number of hydrogen-bond acceptors (Lipinski definition) is 9. The van der Waals surface area contributed by atoms with E-state index in [9.17, 15) is 28.5 Å². The van der Waals surface area contributed by atoms with Gasteiger partial charge in [-0.1, -0.05) is 0 Å². The fourth-order valence-electron chi connectivity index (χ4n) is 2.75. The van der Waals surface area contributed by atoms with Crippen LogP contribution in [0.25, 0.3) is 0 Å². The molecule has 0 aliphatic carbocycles. The van der Waals surface area contributed by atoms with Crippen LogP contribution in [0, 0.1) is 0 Å². The number of ether oxygens (including phenoxy) is 3. The Balaban J connectivity index is 1.87. The Morgan fingerprint density at radius 2 is 2.12 bits per heavy atom. The number of rotatable bonds is 4. The van der Waals surface area contributed by atoms with Crippen molar-refractivity contribution in [2.75, 3.05) is 25.6 Å². The number of hydrogen-bond donors (Lipinski definition) is 4. The molecule has 0 saturated carbocycles. The SMILES string of the molecule is COc1cc(N[C@H]2[C@H]3OC[C@](CO)(O3)[C@H](O)[C@@H]2O)nc(C(F)(F)F)n1. The predicted octanol–water partition coefficient (Wildman–Crippen LogP) is -0.876. The molecule has 3 heterocycles. The van der Waals surface area contributed by atoms with Crippen LogP contribution in [-0.4, -0.2) is 75.8 Å². The molecule has 25 heavy (non-hydrogen) atoms. The molecule has 0 aromatic carbocycles. The van der Waals surface area contributed by atoms with Crippen LogP contribution in [0.1, 0.15) is 5.82 Å². The van der Waals surface area contributed by atoms with Crippen molar-refractivity contribution in [3.63, 3.8) is 0 Å². The quantitative estimate of drug-likeness (QED) is 0.537. The van der Waals surface area contributed by atoms with E-state index in [1.165, 1.54) is 0 Å². The van der Waals surface area contributed by atoms with Crippen molar-refractivity contribution in [2.24, 2.45) is 0 Å². The smallest absolute Gasteiger partial charge is 0.451 e. The zero-order valence-electron chi connectivity index (χ0n) is 12.9. The van der Waals surface area contributed by atoms with Gasteiger partial charge in [-0.05, 0) is 0 Å². The molecular formula is C13H16F3N3O6. The van der Waals surface area contributed by atoms with Crippen molar-refractivity contribution in [3.8, 4) is 5.88 Å². The van der Waals surface area contributed by atoms with E-state index >= 15 is 0 Å². The second kappa shape index (κ2) is 6.21. The van der Waals surface area contributed by atoms with E-state index in [0.717, 1.165) is 13.2 Å². The normalized spacial score (nSPS) is 34.8. The predicted molar refractivity (Wildman–Crippen MR) is 73.7 cm³/mol. The van der Waals surface area contributed by atoms with E-state index in [2.05, 4.69) is 15.3 Å². The lowest BCUT2D eigenvalue weighted by molar-refractivity contribution is -0.224. The summed E-state index contributed by atoms with van der Waals surface area (Å²) < 4.78 is 54.0. The third-order valence-corrected chi connectivity index (χ3v) is 4.11. The number of nitrogens with one attached hydrogen (secondary N) is 1. The fourth-order valence-corrected chi connectivity index (χ4v) is 2.75. The van der Waals surface area contributed by atoms with Crippen molar-refractivity contribution in [2.45, 2.75) is 36.3 Å². The summed E-state index contributed by atoms with van der Waals surface area (Å²) in [6.07, 6.45) is -8.90. The molecule has 2 saturated heterocycles. The third-order valence-electron chi connectivity index (χ3n) is 4.11. The molecule has 140 valence electrons. The Hall–Kier alpha value is -1.73. The highest BCUT2D eigenvalue weighted by molar-refractivity contribution is 5.41. The van der Waals surface area contributed by atoms with Crippen LogP contribution in [0.5, 0.6) is 5.88 Å². The number of aliphatic hydroxyl groups is 3. The van der Waals surface area contributed by atoms with Gasteiger partial charge in [0.25, 0.3) is 0 Å². The summed E-state index contributed by atoms with van der Waals surface area (Å²) in [5, 5.41) is 32.3. The maximum absolute atomic E-state index is 12.9. The van der Waals surface area contributed by atoms with Crippen molar-refractivity contribution in [1.29, 1.82) is 0 Å².